The van der Waals surface area contributed by atoms with Crippen molar-refractivity contribution in [3.63, 3.8) is 0 Å². The van der Waals surface area contributed by atoms with Gasteiger partial charge in [-0.05, 0) is 18.4 Å². The van der Waals surface area contributed by atoms with Crippen LogP contribution in [0.3, 0.4) is 0 Å². The molecule has 0 aliphatic carbocycles. The molecule has 1 aromatic rings. The molecule has 6 heteroatoms. The van der Waals surface area contributed by atoms with Crippen LogP contribution in [0.15, 0.2) is 35.4 Å². The molecule has 0 unspecified atom stereocenters. The Kier molecular flexibility index (Phi) is 7.42. The number of amides is 3. The summed E-state index contributed by atoms with van der Waals surface area (Å²) in [6.07, 6.45) is 7.40. The van der Waals surface area contributed by atoms with Crippen LogP contribution >= 0.6 is 0 Å². The third-order valence-electron chi connectivity index (χ3n) is 3.97. The summed E-state index contributed by atoms with van der Waals surface area (Å²) in [6.45, 7) is 0.712. The summed E-state index contributed by atoms with van der Waals surface area (Å²) >= 11 is 0. The fourth-order valence-corrected chi connectivity index (χ4v) is 2.60. The number of benzene rings is 1. The fraction of sp³-hybridized carbons (Fsp3) is 0.500. The van der Waals surface area contributed by atoms with Gasteiger partial charge in [-0.3, -0.25) is 9.69 Å². The Morgan fingerprint density at radius 2 is 1.67 bits per heavy atom. The average Bonchev–Trinajstić information content (AvgIpc) is 2.87. The van der Waals surface area contributed by atoms with Crippen LogP contribution in [0.1, 0.15) is 44.1 Å². The van der Waals surface area contributed by atoms with Crippen LogP contribution in [0.2, 0.25) is 0 Å². The lowest BCUT2D eigenvalue weighted by Crippen LogP contribution is -2.32. The van der Waals surface area contributed by atoms with E-state index in [4.69, 9.17) is 5.11 Å². The van der Waals surface area contributed by atoms with E-state index in [9.17, 15) is 9.59 Å². The molecule has 24 heavy (non-hydrogen) atoms. The highest BCUT2D eigenvalue weighted by atomic mass is 16.3. The van der Waals surface area contributed by atoms with Gasteiger partial charge in [0.15, 0.2) is 0 Å². The SMILES string of the molecule is O=C1CN(N=Cc2ccccc2)C(=O)N1CCCCCCCCO. The molecule has 1 fully saturated rings. The molecule has 1 aliphatic rings. The van der Waals surface area contributed by atoms with E-state index >= 15 is 0 Å². The number of nitrogens with zero attached hydrogens (tertiary/aromatic N) is 3. The van der Waals surface area contributed by atoms with E-state index in [0.717, 1.165) is 44.1 Å². The van der Waals surface area contributed by atoms with Crippen molar-refractivity contribution in [1.82, 2.24) is 9.91 Å². The molecule has 1 heterocycles. The number of urea groups is 1. The number of carbonyl (C=O) groups excluding carboxylic acids is 2. The van der Waals surface area contributed by atoms with Crippen molar-refractivity contribution >= 4 is 18.2 Å². The predicted molar refractivity (Wildman–Crippen MR) is 92.6 cm³/mol. The number of hydrogen-bond donors (Lipinski definition) is 1. The van der Waals surface area contributed by atoms with Gasteiger partial charge >= 0.3 is 6.03 Å². The van der Waals surface area contributed by atoms with Crippen LogP contribution in [-0.4, -0.2) is 52.9 Å². The lowest BCUT2D eigenvalue weighted by Gasteiger charge is -2.13. The van der Waals surface area contributed by atoms with Crippen molar-refractivity contribution < 1.29 is 14.7 Å². The number of carbonyl (C=O) groups is 2. The number of hydrazone groups is 1. The molecule has 2 rings (SSSR count). The van der Waals surface area contributed by atoms with Gasteiger partial charge in [-0.1, -0.05) is 56.0 Å². The molecule has 0 radical (unpaired) electrons. The number of hydrogen-bond acceptors (Lipinski definition) is 4. The summed E-state index contributed by atoms with van der Waals surface area (Å²) in [5, 5.41) is 14.1. The zero-order chi connectivity index (χ0) is 17.2. The second-order valence-corrected chi connectivity index (χ2v) is 5.89. The Bertz CT molecular complexity index is 560. The van der Waals surface area contributed by atoms with Crippen LogP contribution in [0.25, 0.3) is 0 Å². The average molecular weight is 331 g/mol. The first-order valence-electron chi connectivity index (χ1n) is 8.54. The van der Waals surface area contributed by atoms with Crippen molar-refractivity contribution in [2.45, 2.75) is 38.5 Å². The molecule has 0 atom stereocenters. The normalized spacial score (nSPS) is 15.0. The molecular weight excluding hydrogens is 306 g/mol. The van der Waals surface area contributed by atoms with Crippen molar-refractivity contribution in [2.75, 3.05) is 19.7 Å². The molecule has 1 saturated heterocycles. The Balaban J connectivity index is 1.74. The van der Waals surface area contributed by atoms with Gasteiger partial charge in [0.05, 0.1) is 6.21 Å². The molecule has 0 saturated carbocycles. The Labute approximate surface area is 142 Å². The van der Waals surface area contributed by atoms with E-state index < -0.39 is 0 Å². The summed E-state index contributed by atoms with van der Waals surface area (Å²) in [4.78, 5) is 25.5. The molecule has 0 aromatic heterocycles. The second-order valence-electron chi connectivity index (χ2n) is 5.89. The van der Waals surface area contributed by atoms with E-state index in [2.05, 4.69) is 5.10 Å². The zero-order valence-electron chi connectivity index (χ0n) is 13.9. The highest BCUT2D eigenvalue weighted by Crippen LogP contribution is 2.13. The summed E-state index contributed by atoms with van der Waals surface area (Å²) in [7, 11) is 0. The van der Waals surface area contributed by atoms with Gasteiger partial charge in [-0.15, -0.1) is 0 Å². The lowest BCUT2D eigenvalue weighted by molar-refractivity contribution is -0.125. The highest BCUT2D eigenvalue weighted by Gasteiger charge is 2.35. The molecule has 1 aromatic carbocycles. The largest absolute Gasteiger partial charge is 0.396 e. The smallest absolute Gasteiger partial charge is 0.347 e. The van der Waals surface area contributed by atoms with Crippen LogP contribution < -0.4 is 0 Å². The van der Waals surface area contributed by atoms with Crippen molar-refractivity contribution in [3.05, 3.63) is 35.9 Å². The van der Waals surface area contributed by atoms with Crippen LogP contribution in [0, 0.1) is 0 Å². The molecule has 6 nitrogen and oxygen atoms in total. The van der Waals surface area contributed by atoms with Gasteiger partial charge in [0.25, 0.3) is 5.91 Å². The second kappa shape index (κ2) is 9.82. The van der Waals surface area contributed by atoms with Crippen LogP contribution in [0.5, 0.6) is 0 Å². The number of aliphatic hydroxyl groups excluding tert-OH is 1. The van der Waals surface area contributed by atoms with Gasteiger partial charge < -0.3 is 5.11 Å². The molecular formula is C18H25N3O3. The molecule has 1 N–H and O–H groups in total. The topological polar surface area (TPSA) is 73.2 Å². The third kappa shape index (κ3) is 5.45. The third-order valence-corrected chi connectivity index (χ3v) is 3.97. The first-order valence-corrected chi connectivity index (χ1v) is 8.54. The summed E-state index contributed by atoms with van der Waals surface area (Å²) in [5.41, 5.74) is 0.888. The number of imide groups is 1. The van der Waals surface area contributed by atoms with Crippen molar-refractivity contribution in [3.8, 4) is 0 Å². The Morgan fingerprint density at radius 1 is 1.00 bits per heavy atom. The maximum absolute atomic E-state index is 12.2. The van der Waals surface area contributed by atoms with Gasteiger partial charge in [-0.2, -0.15) is 5.10 Å². The molecule has 3 amide bonds. The summed E-state index contributed by atoms with van der Waals surface area (Å²) in [5.74, 6) is -0.189. The van der Waals surface area contributed by atoms with Gasteiger partial charge in [0.1, 0.15) is 6.54 Å². The fourth-order valence-electron chi connectivity index (χ4n) is 2.60. The van der Waals surface area contributed by atoms with Gasteiger partial charge in [0.2, 0.25) is 0 Å². The summed E-state index contributed by atoms with van der Waals surface area (Å²) < 4.78 is 0. The van der Waals surface area contributed by atoms with Crippen molar-refractivity contribution in [2.24, 2.45) is 5.10 Å². The number of aliphatic hydroxyl groups is 1. The summed E-state index contributed by atoms with van der Waals surface area (Å²) in [6, 6.07) is 9.14. The molecule has 0 bridgehead atoms. The minimum atomic E-state index is -0.340. The number of unbranched alkanes of at least 4 members (excludes halogenated alkanes) is 5. The molecule has 0 spiro atoms. The van der Waals surface area contributed by atoms with Crippen molar-refractivity contribution in [1.29, 1.82) is 0 Å². The first kappa shape index (κ1) is 18.1. The Hall–Kier alpha value is -2.21. The standard InChI is InChI=1S/C18H25N3O3/c22-13-9-4-2-1-3-8-12-20-17(23)15-21(18(20)24)19-14-16-10-6-5-7-11-16/h5-7,10-11,14,22H,1-4,8-9,12-13,15H2. The predicted octanol–water partition coefficient (Wildman–Crippen LogP) is 2.62. The first-order chi connectivity index (χ1) is 11.7. The van der Waals surface area contributed by atoms with E-state index in [-0.39, 0.29) is 25.1 Å². The zero-order valence-corrected chi connectivity index (χ0v) is 13.9. The van der Waals surface area contributed by atoms with Gasteiger partial charge in [0, 0.05) is 13.2 Å². The quantitative estimate of drug-likeness (QED) is 0.407. The van der Waals surface area contributed by atoms with Gasteiger partial charge in [-0.25, -0.2) is 9.80 Å². The highest BCUT2D eigenvalue weighted by molar-refractivity contribution is 6.02. The van der Waals surface area contributed by atoms with Crippen LogP contribution in [-0.2, 0) is 4.79 Å². The monoisotopic (exact) mass is 331 g/mol. The van der Waals surface area contributed by atoms with Crippen LogP contribution in [0.4, 0.5) is 4.79 Å². The maximum atomic E-state index is 12.2. The van der Waals surface area contributed by atoms with E-state index in [1.54, 1.807) is 6.21 Å². The van der Waals surface area contributed by atoms with E-state index in [1.807, 2.05) is 30.3 Å². The van der Waals surface area contributed by atoms with E-state index in [0.29, 0.717) is 6.54 Å². The Morgan fingerprint density at radius 3 is 2.38 bits per heavy atom. The molecule has 130 valence electrons. The van der Waals surface area contributed by atoms with E-state index in [1.165, 1.54) is 9.91 Å². The maximum Gasteiger partial charge on any atom is 0.347 e. The minimum Gasteiger partial charge on any atom is -0.396 e. The molecule has 1 aliphatic heterocycles. The lowest BCUT2D eigenvalue weighted by atomic mass is 10.1. The number of rotatable bonds is 10. The minimum absolute atomic E-state index is 0.0126.